The largest absolute Gasteiger partial charge is 0.397 e. The standard InChI is InChI=1S/C15H16N4/c1-2-6-14-18-13-9-11(16)10-17-15(13)19(14)12-7-4-3-5-8-12/h3-5,7-10H,2,6,16H2,1H3. The van der Waals surface area contributed by atoms with Crippen molar-refractivity contribution in [1.82, 2.24) is 14.5 Å². The molecule has 96 valence electrons. The second-order valence-corrected chi connectivity index (χ2v) is 4.56. The van der Waals surface area contributed by atoms with Gasteiger partial charge in [0, 0.05) is 12.1 Å². The van der Waals surface area contributed by atoms with Crippen LogP contribution in [0.5, 0.6) is 0 Å². The maximum Gasteiger partial charge on any atom is 0.164 e. The summed E-state index contributed by atoms with van der Waals surface area (Å²) in [5, 5.41) is 0. The Labute approximate surface area is 111 Å². The van der Waals surface area contributed by atoms with E-state index in [-0.39, 0.29) is 0 Å². The van der Waals surface area contributed by atoms with Crippen molar-refractivity contribution in [3.8, 4) is 5.69 Å². The van der Waals surface area contributed by atoms with Crippen molar-refractivity contribution in [2.45, 2.75) is 19.8 Å². The van der Waals surface area contributed by atoms with Gasteiger partial charge in [0.1, 0.15) is 11.3 Å². The smallest absolute Gasteiger partial charge is 0.164 e. The lowest BCUT2D eigenvalue weighted by molar-refractivity contribution is 0.815. The van der Waals surface area contributed by atoms with Crippen LogP contribution in [0.2, 0.25) is 0 Å². The molecule has 4 heteroatoms. The molecule has 0 atom stereocenters. The highest BCUT2D eigenvalue weighted by Gasteiger charge is 2.12. The minimum absolute atomic E-state index is 0.647. The summed E-state index contributed by atoms with van der Waals surface area (Å²) >= 11 is 0. The number of aryl methyl sites for hydroxylation is 1. The van der Waals surface area contributed by atoms with Gasteiger partial charge in [0.2, 0.25) is 0 Å². The average molecular weight is 252 g/mol. The molecular weight excluding hydrogens is 236 g/mol. The minimum Gasteiger partial charge on any atom is -0.397 e. The number of nitrogens with zero attached hydrogens (tertiary/aromatic N) is 3. The third-order valence-electron chi connectivity index (χ3n) is 3.08. The lowest BCUT2D eigenvalue weighted by Gasteiger charge is -2.07. The van der Waals surface area contributed by atoms with E-state index >= 15 is 0 Å². The average Bonchev–Trinajstić information content (AvgIpc) is 2.77. The summed E-state index contributed by atoms with van der Waals surface area (Å²) in [5.41, 5.74) is 9.24. The molecule has 0 bridgehead atoms. The highest BCUT2D eigenvalue weighted by atomic mass is 15.1. The molecule has 0 saturated carbocycles. The summed E-state index contributed by atoms with van der Waals surface area (Å²) in [6.45, 7) is 2.15. The maximum atomic E-state index is 5.78. The molecular formula is C15H16N4. The van der Waals surface area contributed by atoms with E-state index in [9.17, 15) is 0 Å². The summed E-state index contributed by atoms with van der Waals surface area (Å²) in [7, 11) is 0. The molecule has 0 aliphatic carbocycles. The third kappa shape index (κ3) is 2.05. The van der Waals surface area contributed by atoms with E-state index < -0.39 is 0 Å². The fourth-order valence-corrected chi connectivity index (χ4v) is 2.27. The van der Waals surface area contributed by atoms with E-state index in [4.69, 9.17) is 5.73 Å². The van der Waals surface area contributed by atoms with Crippen LogP contribution in [0, 0.1) is 0 Å². The number of pyridine rings is 1. The quantitative estimate of drug-likeness (QED) is 0.779. The number of rotatable bonds is 3. The first-order valence-corrected chi connectivity index (χ1v) is 6.48. The summed E-state index contributed by atoms with van der Waals surface area (Å²) in [6, 6.07) is 12.1. The monoisotopic (exact) mass is 252 g/mol. The molecule has 0 saturated heterocycles. The van der Waals surface area contributed by atoms with Gasteiger partial charge in [-0.3, -0.25) is 4.57 Å². The number of nitrogens with two attached hydrogens (primary N) is 1. The Morgan fingerprint density at radius 3 is 2.74 bits per heavy atom. The summed E-state index contributed by atoms with van der Waals surface area (Å²) < 4.78 is 2.11. The second kappa shape index (κ2) is 4.72. The van der Waals surface area contributed by atoms with Gasteiger partial charge in [-0.15, -0.1) is 0 Å². The molecule has 4 nitrogen and oxygen atoms in total. The fourth-order valence-electron chi connectivity index (χ4n) is 2.27. The molecule has 0 amide bonds. The first-order valence-electron chi connectivity index (χ1n) is 6.48. The lowest BCUT2D eigenvalue weighted by Crippen LogP contribution is -2.01. The molecule has 2 aromatic heterocycles. The van der Waals surface area contributed by atoms with Gasteiger partial charge in [-0.2, -0.15) is 0 Å². The van der Waals surface area contributed by atoms with Gasteiger partial charge in [-0.1, -0.05) is 25.1 Å². The summed E-state index contributed by atoms with van der Waals surface area (Å²) in [6.07, 6.45) is 3.65. The topological polar surface area (TPSA) is 56.7 Å². The number of aromatic nitrogens is 3. The van der Waals surface area contributed by atoms with Crippen molar-refractivity contribution in [2.24, 2.45) is 0 Å². The Morgan fingerprint density at radius 2 is 2.00 bits per heavy atom. The van der Waals surface area contributed by atoms with Crippen LogP contribution in [-0.2, 0) is 6.42 Å². The van der Waals surface area contributed by atoms with Crippen LogP contribution in [0.25, 0.3) is 16.9 Å². The van der Waals surface area contributed by atoms with Crippen molar-refractivity contribution < 1.29 is 0 Å². The zero-order chi connectivity index (χ0) is 13.2. The Morgan fingerprint density at radius 1 is 1.21 bits per heavy atom. The number of imidazole rings is 1. The van der Waals surface area contributed by atoms with Crippen molar-refractivity contribution in [1.29, 1.82) is 0 Å². The normalized spacial score (nSPS) is 11.0. The van der Waals surface area contributed by atoms with Gasteiger partial charge in [0.15, 0.2) is 5.65 Å². The van der Waals surface area contributed by atoms with E-state index in [1.54, 1.807) is 6.20 Å². The van der Waals surface area contributed by atoms with Gasteiger partial charge in [-0.05, 0) is 24.6 Å². The van der Waals surface area contributed by atoms with Crippen molar-refractivity contribution in [2.75, 3.05) is 5.73 Å². The van der Waals surface area contributed by atoms with Crippen molar-refractivity contribution in [3.05, 3.63) is 48.4 Å². The summed E-state index contributed by atoms with van der Waals surface area (Å²) in [5.74, 6) is 1.03. The molecule has 2 heterocycles. The highest BCUT2D eigenvalue weighted by molar-refractivity contribution is 5.77. The number of benzene rings is 1. The van der Waals surface area contributed by atoms with Crippen LogP contribution in [0.3, 0.4) is 0 Å². The van der Waals surface area contributed by atoms with Crippen LogP contribution in [0.4, 0.5) is 5.69 Å². The molecule has 3 aromatic rings. The van der Waals surface area contributed by atoms with Crippen LogP contribution in [0.1, 0.15) is 19.2 Å². The van der Waals surface area contributed by atoms with Crippen LogP contribution in [0.15, 0.2) is 42.6 Å². The number of nitrogen functional groups attached to an aromatic ring is 1. The molecule has 0 radical (unpaired) electrons. The first-order chi connectivity index (χ1) is 9.29. The van der Waals surface area contributed by atoms with Gasteiger partial charge in [0.25, 0.3) is 0 Å². The number of hydrogen-bond donors (Lipinski definition) is 1. The Balaban J connectivity index is 2.28. The SMILES string of the molecule is CCCc1nc2cc(N)cnc2n1-c1ccccc1. The second-order valence-electron chi connectivity index (χ2n) is 4.56. The molecule has 0 unspecified atom stereocenters. The molecule has 2 N–H and O–H groups in total. The third-order valence-corrected chi connectivity index (χ3v) is 3.08. The van der Waals surface area contributed by atoms with Crippen molar-refractivity contribution >= 4 is 16.9 Å². The van der Waals surface area contributed by atoms with E-state index in [1.165, 1.54) is 0 Å². The molecule has 0 aliphatic rings. The number of hydrogen-bond acceptors (Lipinski definition) is 3. The number of anilines is 1. The number of fused-ring (bicyclic) bond motifs is 1. The minimum atomic E-state index is 0.647. The summed E-state index contributed by atoms with van der Waals surface area (Å²) in [4.78, 5) is 9.10. The fraction of sp³-hybridized carbons (Fsp3) is 0.200. The van der Waals surface area contributed by atoms with Crippen LogP contribution < -0.4 is 5.73 Å². The zero-order valence-electron chi connectivity index (χ0n) is 10.9. The Bertz CT molecular complexity index is 701. The van der Waals surface area contributed by atoms with Gasteiger partial charge in [0.05, 0.1) is 11.9 Å². The molecule has 0 fully saturated rings. The van der Waals surface area contributed by atoms with Gasteiger partial charge in [-0.25, -0.2) is 9.97 Å². The molecule has 0 aliphatic heterocycles. The van der Waals surface area contributed by atoms with E-state index in [0.717, 1.165) is 35.5 Å². The Kier molecular flexibility index (Phi) is 2.91. The van der Waals surface area contributed by atoms with E-state index in [2.05, 4.69) is 33.6 Å². The molecule has 0 spiro atoms. The van der Waals surface area contributed by atoms with E-state index in [0.29, 0.717) is 5.69 Å². The molecule has 1 aromatic carbocycles. The predicted molar refractivity (Wildman–Crippen MR) is 77.3 cm³/mol. The molecule has 19 heavy (non-hydrogen) atoms. The zero-order valence-corrected chi connectivity index (χ0v) is 10.9. The predicted octanol–water partition coefficient (Wildman–Crippen LogP) is 2.96. The van der Waals surface area contributed by atoms with Crippen LogP contribution >= 0.6 is 0 Å². The van der Waals surface area contributed by atoms with E-state index in [1.807, 2.05) is 24.3 Å². The highest BCUT2D eigenvalue weighted by Crippen LogP contribution is 2.22. The van der Waals surface area contributed by atoms with Crippen LogP contribution in [-0.4, -0.2) is 14.5 Å². The first kappa shape index (κ1) is 11.7. The van der Waals surface area contributed by atoms with Crippen molar-refractivity contribution in [3.63, 3.8) is 0 Å². The van der Waals surface area contributed by atoms with Gasteiger partial charge >= 0.3 is 0 Å². The Hall–Kier alpha value is -2.36. The number of para-hydroxylation sites is 1. The van der Waals surface area contributed by atoms with Gasteiger partial charge < -0.3 is 5.73 Å². The maximum absolute atomic E-state index is 5.78. The molecule has 3 rings (SSSR count). The lowest BCUT2D eigenvalue weighted by atomic mass is 10.3.